The Morgan fingerprint density at radius 3 is 1.79 bits per heavy atom. The van der Waals surface area contributed by atoms with Gasteiger partial charge in [0.2, 0.25) is 0 Å². The summed E-state index contributed by atoms with van der Waals surface area (Å²) >= 11 is 3.69. The van der Waals surface area contributed by atoms with Gasteiger partial charge in [-0.05, 0) is 125 Å². The summed E-state index contributed by atoms with van der Waals surface area (Å²) in [6, 6.07) is 72.3. The van der Waals surface area contributed by atoms with E-state index in [0.717, 1.165) is 61.6 Å². The second kappa shape index (κ2) is 14.4. The lowest BCUT2D eigenvalue weighted by molar-refractivity contribution is 0.669. The first kappa shape index (κ1) is 35.9. The van der Waals surface area contributed by atoms with Crippen molar-refractivity contribution in [1.29, 1.82) is 0 Å². The van der Waals surface area contributed by atoms with Gasteiger partial charge in [0.25, 0.3) is 0 Å². The first-order valence-corrected chi connectivity index (χ1v) is 22.7. The molecule has 9 aromatic carbocycles. The van der Waals surface area contributed by atoms with E-state index < -0.39 is 0 Å². The number of anilines is 6. The molecule has 0 aliphatic heterocycles. The highest BCUT2D eigenvalue weighted by Gasteiger charge is 2.25. The molecule has 296 valence electrons. The maximum absolute atomic E-state index is 7.07. The van der Waals surface area contributed by atoms with Gasteiger partial charge >= 0.3 is 0 Å². The maximum atomic E-state index is 7.07. The largest absolute Gasteiger partial charge is 0.454 e. The number of furan rings is 1. The van der Waals surface area contributed by atoms with Gasteiger partial charge in [-0.2, -0.15) is 0 Å². The fourth-order valence-electron chi connectivity index (χ4n) is 9.33. The second-order valence-corrected chi connectivity index (χ2v) is 18.2. The predicted molar refractivity (Wildman–Crippen MR) is 270 cm³/mol. The van der Waals surface area contributed by atoms with E-state index in [1.54, 1.807) is 0 Å². The van der Waals surface area contributed by atoms with Crippen molar-refractivity contribution in [2.75, 3.05) is 9.80 Å². The van der Waals surface area contributed by atoms with Crippen LogP contribution < -0.4 is 9.80 Å². The van der Waals surface area contributed by atoms with Gasteiger partial charge in [-0.1, -0.05) is 97.1 Å². The molecule has 0 spiro atoms. The molecule has 0 unspecified atom stereocenters. The minimum atomic E-state index is 0.816. The van der Waals surface area contributed by atoms with Crippen molar-refractivity contribution >= 4 is 130 Å². The van der Waals surface area contributed by atoms with Crippen LogP contribution in [0.15, 0.2) is 217 Å². The highest BCUT2D eigenvalue weighted by atomic mass is 32.1. The zero-order chi connectivity index (χ0) is 41.4. The molecular weight excluding hydrogens is 807 g/mol. The quantitative estimate of drug-likeness (QED) is 0.160. The third kappa shape index (κ3) is 5.98. The lowest BCUT2D eigenvalue weighted by Gasteiger charge is -2.29. The SMILES string of the molecule is c1ccc(N(c2cccnc2)c2cc(N(c3ccccc3)c3ccc4c(c3)sc3ccccc34)c3oc4ccc(-c5ccc6sc7cc8ccccc8cc7c6c5)cc4c3c2)cc1. The summed E-state index contributed by atoms with van der Waals surface area (Å²) in [5, 5.41) is 9.74. The zero-order valence-corrected chi connectivity index (χ0v) is 35.4. The average molecular weight is 842 g/mol. The predicted octanol–water partition coefficient (Wildman–Crippen LogP) is 17.5. The molecule has 0 atom stereocenters. The van der Waals surface area contributed by atoms with E-state index in [0.29, 0.717) is 0 Å². The summed E-state index contributed by atoms with van der Waals surface area (Å²) in [6.45, 7) is 0. The lowest BCUT2D eigenvalue weighted by atomic mass is 9.99. The Morgan fingerprint density at radius 2 is 1.00 bits per heavy atom. The average Bonchev–Trinajstić information content (AvgIpc) is 4.02. The highest BCUT2D eigenvalue weighted by molar-refractivity contribution is 7.26. The number of aromatic nitrogens is 1. The van der Waals surface area contributed by atoms with Gasteiger partial charge in [0, 0.05) is 80.1 Å². The van der Waals surface area contributed by atoms with Gasteiger partial charge < -0.3 is 14.2 Å². The summed E-state index contributed by atoms with van der Waals surface area (Å²) < 4.78 is 12.2. The van der Waals surface area contributed by atoms with Gasteiger partial charge in [0.05, 0.1) is 17.6 Å². The van der Waals surface area contributed by atoms with Crippen LogP contribution in [0.2, 0.25) is 0 Å². The van der Waals surface area contributed by atoms with Crippen LogP contribution in [-0.2, 0) is 0 Å². The number of rotatable bonds is 7. The molecule has 63 heavy (non-hydrogen) atoms. The van der Waals surface area contributed by atoms with Crippen molar-refractivity contribution in [2.24, 2.45) is 0 Å². The number of pyridine rings is 1. The number of nitrogens with zero attached hydrogens (tertiary/aromatic N) is 3. The molecule has 0 saturated heterocycles. The molecule has 0 fully saturated rings. The Bertz CT molecular complexity index is 3830. The van der Waals surface area contributed by atoms with Gasteiger partial charge in [-0.25, -0.2) is 0 Å². The monoisotopic (exact) mass is 841 g/mol. The number of hydrogen-bond acceptors (Lipinski definition) is 6. The van der Waals surface area contributed by atoms with Gasteiger partial charge in [0.15, 0.2) is 5.58 Å². The van der Waals surface area contributed by atoms with Crippen LogP contribution in [0.5, 0.6) is 0 Å². The zero-order valence-electron chi connectivity index (χ0n) is 33.8. The van der Waals surface area contributed by atoms with Gasteiger partial charge in [0.1, 0.15) is 5.58 Å². The first-order valence-electron chi connectivity index (χ1n) is 21.1. The molecule has 0 aliphatic carbocycles. The number of fused-ring (bicyclic) bond motifs is 10. The van der Waals surface area contributed by atoms with E-state index in [9.17, 15) is 0 Å². The number of para-hydroxylation sites is 2. The normalized spacial score (nSPS) is 11.8. The Balaban J connectivity index is 1.06. The van der Waals surface area contributed by atoms with Crippen LogP contribution in [0.1, 0.15) is 0 Å². The Labute approximate surface area is 370 Å². The topological polar surface area (TPSA) is 32.5 Å². The number of thiophene rings is 2. The molecule has 0 bridgehead atoms. The Kier molecular flexibility index (Phi) is 8.22. The third-order valence-corrected chi connectivity index (χ3v) is 14.5. The Hall–Kier alpha value is -7.77. The fraction of sp³-hybridized carbons (Fsp3) is 0. The smallest absolute Gasteiger partial charge is 0.159 e. The molecule has 0 saturated carbocycles. The molecular formula is C57H35N3OS2. The molecule has 0 N–H and O–H groups in total. The lowest BCUT2D eigenvalue weighted by Crippen LogP contribution is -2.13. The van der Waals surface area contributed by atoms with Crippen molar-refractivity contribution in [2.45, 2.75) is 0 Å². The summed E-state index contributed by atoms with van der Waals surface area (Å²) in [5.41, 5.74) is 9.98. The van der Waals surface area contributed by atoms with Crippen molar-refractivity contribution in [3.05, 3.63) is 213 Å². The van der Waals surface area contributed by atoms with E-state index in [4.69, 9.17) is 4.42 Å². The number of hydrogen-bond donors (Lipinski definition) is 0. The van der Waals surface area contributed by atoms with Crippen LogP contribution in [0, 0.1) is 0 Å². The first-order chi connectivity index (χ1) is 31.2. The van der Waals surface area contributed by atoms with E-state index in [1.165, 1.54) is 56.7 Å². The highest BCUT2D eigenvalue weighted by Crippen LogP contribution is 2.49. The van der Waals surface area contributed by atoms with Crippen molar-refractivity contribution < 1.29 is 4.42 Å². The third-order valence-electron chi connectivity index (χ3n) is 12.3. The van der Waals surface area contributed by atoms with Crippen molar-refractivity contribution in [1.82, 2.24) is 4.98 Å². The summed E-state index contributed by atoms with van der Waals surface area (Å²) in [4.78, 5) is 9.23. The standard InChI is InChI=1S/C57H35N3OS2/c1-3-14-40(15-4-1)59(43-18-11-27-58-35-43)44-32-50-47-28-38(39-22-26-54-48(30-39)49-29-36-12-7-8-13-37(36)31-55(49)63-54)21-25-52(47)61-57(50)51(33-44)60(41-16-5-2-6-17-41)42-23-24-46-45-19-9-10-20-53(45)62-56(46)34-42/h1-35H. The molecule has 4 heterocycles. The van der Waals surface area contributed by atoms with Crippen molar-refractivity contribution in [3.8, 4) is 11.1 Å². The van der Waals surface area contributed by atoms with Crippen LogP contribution in [0.4, 0.5) is 34.1 Å². The van der Waals surface area contributed by atoms with Crippen LogP contribution >= 0.6 is 22.7 Å². The fourth-order valence-corrected chi connectivity index (χ4v) is 11.6. The van der Waals surface area contributed by atoms with Gasteiger partial charge in [-0.3, -0.25) is 4.98 Å². The molecule has 0 aliphatic rings. The molecule has 13 aromatic rings. The van der Waals surface area contributed by atoms with E-state index >= 15 is 0 Å². The van der Waals surface area contributed by atoms with E-state index in [2.05, 4.69) is 209 Å². The molecule has 6 heteroatoms. The summed E-state index contributed by atoms with van der Waals surface area (Å²) in [5.74, 6) is 0. The second-order valence-electron chi connectivity index (χ2n) is 16.0. The van der Waals surface area contributed by atoms with Crippen molar-refractivity contribution in [3.63, 3.8) is 0 Å². The van der Waals surface area contributed by atoms with Crippen LogP contribution in [0.3, 0.4) is 0 Å². The maximum Gasteiger partial charge on any atom is 0.159 e. The molecule has 0 radical (unpaired) electrons. The number of benzene rings is 9. The minimum absolute atomic E-state index is 0.816. The Morgan fingerprint density at radius 1 is 0.365 bits per heavy atom. The van der Waals surface area contributed by atoms with Gasteiger partial charge in [-0.15, -0.1) is 22.7 Å². The molecule has 13 rings (SSSR count). The minimum Gasteiger partial charge on any atom is -0.454 e. The van der Waals surface area contributed by atoms with Crippen LogP contribution in [0.25, 0.3) is 84.2 Å². The molecule has 4 aromatic heterocycles. The van der Waals surface area contributed by atoms with E-state index in [-0.39, 0.29) is 0 Å². The van der Waals surface area contributed by atoms with E-state index in [1.807, 2.05) is 41.1 Å². The summed E-state index contributed by atoms with van der Waals surface area (Å²) in [6.07, 6.45) is 3.76. The van der Waals surface area contributed by atoms with Crippen LogP contribution in [-0.4, -0.2) is 4.98 Å². The summed E-state index contributed by atoms with van der Waals surface area (Å²) in [7, 11) is 0. The molecule has 4 nitrogen and oxygen atoms in total. The molecule has 0 amide bonds.